The highest BCUT2D eigenvalue weighted by atomic mass is 16.6. The number of hydrogen-bond acceptors (Lipinski definition) is 4. The molecule has 0 aliphatic heterocycles. The van der Waals surface area contributed by atoms with Crippen molar-refractivity contribution in [1.29, 1.82) is 0 Å². The van der Waals surface area contributed by atoms with E-state index < -0.39 is 11.1 Å². The van der Waals surface area contributed by atoms with Gasteiger partial charge in [0, 0.05) is 11.8 Å². The minimum Gasteiger partial charge on any atom is -0.497 e. The average Bonchev–Trinajstić information content (AvgIpc) is 2.70. The summed E-state index contributed by atoms with van der Waals surface area (Å²) in [7, 11) is 1.63. The lowest BCUT2D eigenvalue weighted by atomic mass is 9.85. The van der Waals surface area contributed by atoms with Crippen molar-refractivity contribution in [1.82, 2.24) is 0 Å². The fraction of sp³-hybridized carbons (Fsp3) is 0.320. The van der Waals surface area contributed by atoms with Crippen LogP contribution in [0.4, 0.5) is 5.69 Å². The number of ether oxygens (including phenoxy) is 2. The van der Waals surface area contributed by atoms with Crippen molar-refractivity contribution in [2.75, 3.05) is 12.4 Å². The second-order valence-corrected chi connectivity index (χ2v) is 8.18. The van der Waals surface area contributed by atoms with Gasteiger partial charge >= 0.3 is 5.97 Å². The van der Waals surface area contributed by atoms with E-state index in [2.05, 4.69) is 23.5 Å². The first-order valence-electron chi connectivity index (χ1n) is 9.92. The maximum absolute atomic E-state index is 13.5. The molecule has 3 aromatic carbocycles. The van der Waals surface area contributed by atoms with Crippen LogP contribution >= 0.6 is 0 Å². The smallest absolute Gasteiger partial charge is 0.337 e. The van der Waals surface area contributed by atoms with Crippen molar-refractivity contribution in [2.24, 2.45) is 0 Å². The summed E-state index contributed by atoms with van der Waals surface area (Å²) in [4.78, 5) is 13.5. The molecule has 3 aromatic rings. The first-order valence-corrected chi connectivity index (χ1v) is 9.92. The maximum Gasteiger partial charge on any atom is 0.337 e. The fourth-order valence-corrected chi connectivity index (χ4v) is 3.45. The quantitative estimate of drug-likeness (QED) is 0.531. The van der Waals surface area contributed by atoms with Gasteiger partial charge in [0.15, 0.2) is 5.54 Å². The molecule has 1 N–H and O–H groups in total. The number of hydrogen-bond donors (Lipinski definition) is 1. The third-order valence-electron chi connectivity index (χ3n) is 4.95. The Kier molecular flexibility index (Phi) is 5.83. The summed E-state index contributed by atoms with van der Waals surface area (Å²) in [5.74, 6) is 0.424. The van der Waals surface area contributed by atoms with E-state index in [1.165, 1.54) is 0 Å². The number of nitrogens with one attached hydrogen (secondary N) is 1. The Bertz CT molecular complexity index is 1010. The summed E-state index contributed by atoms with van der Waals surface area (Å²) in [5.41, 5.74) is 0.0506. The van der Waals surface area contributed by atoms with Gasteiger partial charge in [-0.05, 0) is 61.7 Å². The molecule has 0 heterocycles. The van der Waals surface area contributed by atoms with Crippen molar-refractivity contribution in [3.8, 4) is 5.75 Å². The number of anilines is 1. The van der Waals surface area contributed by atoms with Gasteiger partial charge in [-0.25, -0.2) is 4.79 Å². The molecule has 0 spiro atoms. The van der Waals surface area contributed by atoms with Crippen molar-refractivity contribution in [2.45, 2.75) is 45.3 Å². The van der Waals surface area contributed by atoms with Crippen molar-refractivity contribution in [3.63, 3.8) is 0 Å². The zero-order valence-corrected chi connectivity index (χ0v) is 17.8. The van der Waals surface area contributed by atoms with Gasteiger partial charge in [0.1, 0.15) is 11.4 Å². The first-order chi connectivity index (χ1) is 13.8. The van der Waals surface area contributed by atoms with E-state index in [0.717, 1.165) is 27.8 Å². The number of carbonyl (C=O) groups is 1. The Morgan fingerprint density at radius 3 is 2.31 bits per heavy atom. The Hall–Kier alpha value is -3.01. The summed E-state index contributed by atoms with van der Waals surface area (Å²) in [6.07, 6.45) is 0.525. The zero-order chi connectivity index (χ0) is 21.1. The summed E-state index contributed by atoms with van der Waals surface area (Å²) < 4.78 is 11.2. The van der Waals surface area contributed by atoms with Crippen LogP contribution in [0.1, 0.15) is 39.7 Å². The number of carbonyl (C=O) groups excluding carboxylic acids is 1. The molecule has 4 nitrogen and oxygen atoms in total. The van der Waals surface area contributed by atoms with Crippen LogP contribution in [0.2, 0.25) is 0 Å². The maximum atomic E-state index is 13.5. The molecular formula is C25H29NO3. The summed E-state index contributed by atoms with van der Waals surface area (Å²) >= 11 is 0. The molecule has 0 aliphatic rings. The Balaban J connectivity index is 2.13. The van der Waals surface area contributed by atoms with Crippen molar-refractivity contribution >= 4 is 22.4 Å². The lowest BCUT2D eigenvalue weighted by molar-refractivity contribution is -0.161. The predicted octanol–water partition coefficient (Wildman–Crippen LogP) is 5.91. The molecular weight excluding hydrogens is 362 g/mol. The minimum absolute atomic E-state index is 0.300. The van der Waals surface area contributed by atoms with Gasteiger partial charge in [0.25, 0.3) is 0 Å². The summed E-state index contributed by atoms with van der Waals surface area (Å²) in [6.45, 7) is 7.65. The molecule has 0 aromatic heterocycles. The second kappa shape index (κ2) is 8.16. The topological polar surface area (TPSA) is 47.6 Å². The molecule has 29 heavy (non-hydrogen) atoms. The van der Waals surface area contributed by atoms with Gasteiger partial charge in [0.2, 0.25) is 0 Å². The van der Waals surface area contributed by atoms with E-state index >= 15 is 0 Å². The molecule has 152 valence electrons. The first kappa shape index (κ1) is 20.7. The van der Waals surface area contributed by atoms with Crippen molar-refractivity contribution in [3.05, 3.63) is 72.3 Å². The number of esters is 1. The van der Waals surface area contributed by atoms with E-state index in [1.54, 1.807) is 7.11 Å². The standard InChI is InChI=1S/C25H29NO3/c1-6-25(23(27)29-24(2,3)4,26-21-12-9-13-22(17-21)28-5)20-15-14-18-10-7-8-11-19(18)16-20/h7-17,26H,6H2,1-5H3. The number of methoxy groups -OCH3 is 1. The molecule has 4 heteroatoms. The highest BCUT2D eigenvalue weighted by Crippen LogP contribution is 2.35. The zero-order valence-electron chi connectivity index (χ0n) is 17.8. The predicted molar refractivity (Wildman–Crippen MR) is 118 cm³/mol. The van der Waals surface area contributed by atoms with E-state index in [-0.39, 0.29) is 5.97 Å². The summed E-state index contributed by atoms with van der Waals surface area (Å²) in [5, 5.41) is 5.68. The van der Waals surface area contributed by atoms with E-state index in [4.69, 9.17) is 9.47 Å². The summed E-state index contributed by atoms with van der Waals surface area (Å²) in [6, 6.07) is 21.8. The Morgan fingerprint density at radius 1 is 0.931 bits per heavy atom. The second-order valence-electron chi connectivity index (χ2n) is 8.18. The van der Waals surface area contributed by atoms with E-state index in [0.29, 0.717) is 6.42 Å². The SMILES string of the molecule is CCC(Nc1cccc(OC)c1)(C(=O)OC(C)(C)C)c1ccc2ccccc2c1. The van der Waals surface area contributed by atoms with Crippen LogP contribution in [0.5, 0.6) is 5.75 Å². The largest absolute Gasteiger partial charge is 0.497 e. The van der Waals surface area contributed by atoms with E-state index in [9.17, 15) is 4.79 Å². The van der Waals surface area contributed by atoms with Crippen LogP contribution in [-0.2, 0) is 15.1 Å². The van der Waals surface area contributed by atoms with Crippen LogP contribution in [0.15, 0.2) is 66.7 Å². The van der Waals surface area contributed by atoms with Crippen LogP contribution in [0, 0.1) is 0 Å². The van der Waals surface area contributed by atoms with Crippen LogP contribution in [-0.4, -0.2) is 18.7 Å². The lowest BCUT2D eigenvalue weighted by Crippen LogP contribution is -2.46. The highest BCUT2D eigenvalue weighted by Gasteiger charge is 2.42. The van der Waals surface area contributed by atoms with E-state index in [1.807, 2.05) is 76.2 Å². The average molecular weight is 392 g/mol. The van der Waals surface area contributed by atoms with Crippen LogP contribution < -0.4 is 10.1 Å². The van der Waals surface area contributed by atoms with Crippen LogP contribution in [0.3, 0.4) is 0 Å². The molecule has 0 saturated heterocycles. The van der Waals surface area contributed by atoms with Crippen molar-refractivity contribution < 1.29 is 14.3 Å². The van der Waals surface area contributed by atoms with Gasteiger partial charge in [-0.15, -0.1) is 0 Å². The third kappa shape index (κ3) is 4.53. The monoisotopic (exact) mass is 391 g/mol. The number of fused-ring (bicyclic) bond motifs is 1. The molecule has 0 fully saturated rings. The number of rotatable bonds is 6. The molecule has 1 atom stereocenters. The van der Waals surface area contributed by atoms with Gasteiger partial charge < -0.3 is 14.8 Å². The molecule has 0 amide bonds. The molecule has 0 aliphatic carbocycles. The number of benzene rings is 3. The van der Waals surface area contributed by atoms with Gasteiger partial charge in [0.05, 0.1) is 7.11 Å². The molecule has 1 unspecified atom stereocenters. The molecule has 0 radical (unpaired) electrons. The van der Waals surface area contributed by atoms with Gasteiger partial charge in [-0.2, -0.15) is 0 Å². The fourth-order valence-electron chi connectivity index (χ4n) is 3.45. The Morgan fingerprint density at radius 2 is 1.66 bits per heavy atom. The highest BCUT2D eigenvalue weighted by molar-refractivity contribution is 5.90. The van der Waals surface area contributed by atoms with Gasteiger partial charge in [-0.3, -0.25) is 0 Å². The molecule has 3 rings (SSSR count). The molecule has 0 saturated carbocycles. The lowest BCUT2D eigenvalue weighted by Gasteiger charge is -2.36. The minimum atomic E-state index is -1.02. The normalized spacial score (nSPS) is 13.6. The van der Waals surface area contributed by atoms with Crippen LogP contribution in [0.25, 0.3) is 10.8 Å². The third-order valence-corrected chi connectivity index (χ3v) is 4.95. The van der Waals surface area contributed by atoms with Gasteiger partial charge in [-0.1, -0.05) is 49.4 Å². The Labute approximate surface area is 172 Å². The molecule has 0 bridgehead atoms.